The zero-order valence-electron chi connectivity index (χ0n) is 18.3. The average Bonchev–Trinajstić information content (AvgIpc) is 3.28. The van der Waals surface area contributed by atoms with Gasteiger partial charge in [-0.1, -0.05) is 72.4 Å². The Kier molecular flexibility index (Phi) is 7.62. The summed E-state index contributed by atoms with van der Waals surface area (Å²) >= 11 is 1.57. The van der Waals surface area contributed by atoms with Crippen LogP contribution in [0.2, 0.25) is 0 Å². The molecule has 33 heavy (non-hydrogen) atoms. The highest BCUT2D eigenvalue weighted by molar-refractivity contribution is 7.99. The molecular formula is C26H24N4O2S. The standard InChI is InChI=1S/C26H24N4O2S/c1-31-24-16-8-6-14-22(24)30-25(28-29-26(30)33-18-10-9-17-27)19-32-23-15-7-5-13-21(23)20-11-3-2-4-12-20/h2-8,11-16H,9-10,18-19H2,1H3. The number of nitriles is 1. The average molecular weight is 457 g/mol. The molecular weight excluding hydrogens is 432 g/mol. The molecule has 6 nitrogen and oxygen atoms in total. The van der Waals surface area contributed by atoms with E-state index in [0.717, 1.165) is 45.6 Å². The van der Waals surface area contributed by atoms with Crippen LogP contribution in [0.3, 0.4) is 0 Å². The lowest BCUT2D eigenvalue weighted by molar-refractivity contribution is 0.293. The zero-order chi connectivity index (χ0) is 22.9. The van der Waals surface area contributed by atoms with E-state index in [0.29, 0.717) is 12.2 Å². The highest BCUT2D eigenvalue weighted by Gasteiger charge is 2.18. The van der Waals surface area contributed by atoms with Crippen molar-refractivity contribution in [3.8, 4) is 34.4 Å². The molecule has 1 aromatic heterocycles. The van der Waals surface area contributed by atoms with Gasteiger partial charge in [0, 0.05) is 17.7 Å². The maximum Gasteiger partial charge on any atom is 0.196 e. The fourth-order valence-electron chi connectivity index (χ4n) is 3.45. The molecule has 0 aliphatic carbocycles. The minimum absolute atomic E-state index is 0.244. The second-order valence-electron chi connectivity index (χ2n) is 7.17. The van der Waals surface area contributed by atoms with E-state index in [1.807, 2.05) is 71.3 Å². The summed E-state index contributed by atoms with van der Waals surface area (Å²) in [4.78, 5) is 0. The van der Waals surface area contributed by atoms with Gasteiger partial charge in [0.1, 0.15) is 18.1 Å². The van der Waals surface area contributed by atoms with Crippen LogP contribution in [0.4, 0.5) is 0 Å². The molecule has 0 amide bonds. The van der Waals surface area contributed by atoms with Gasteiger partial charge >= 0.3 is 0 Å². The van der Waals surface area contributed by atoms with Gasteiger partial charge in [-0.05, 0) is 30.2 Å². The van der Waals surface area contributed by atoms with Crippen molar-refractivity contribution in [2.45, 2.75) is 24.6 Å². The lowest BCUT2D eigenvalue weighted by Crippen LogP contribution is -2.08. The van der Waals surface area contributed by atoms with E-state index >= 15 is 0 Å². The number of ether oxygens (including phenoxy) is 2. The van der Waals surface area contributed by atoms with Crippen molar-refractivity contribution < 1.29 is 9.47 Å². The second-order valence-corrected chi connectivity index (χ2v) is 8.23. The Balaban J connectivity index is 1.64. The molecule has 0 aliphatic rings. The predicted octanol–water partition coefficient (Wildman–Crippen LogP) is 5.92. The largest absolute Gasteiger partial charge is 0.495 e. The Hall–Kier alpha value is -3.76. The molecule has 0 fully saturated rings. The maximum atomic E-state index is 8.83. The first-order valence-electron chi connectivity index (χ1n) is 10.7. The first kappa shape index (κ1) is 22.4. The van der Waals surface area contributed by atoms with Gasteiger partial charge in [0.05, 0.1) is 18.9 Å². The van der Waals surface area contributed by atoms with E-state index < -0.39 is 0 Å². The first-order chi connectivity index (χ1) is 16.3. The number of benzene rings is 3. The van der Waals surface area contributed by atoms with Crippen LogP contribution >= 0.6 is 11.8 Å². The number of aromatic nitrogens is 3. The highest BCUT2D eigenvalue weighted by atomic mass is 32.2. The highest BCUT2D eigenvalue weighted by Crippen LogP contribution is 2.32. The van der Waals surface area contributed by atoms with Crippen LogP contribution in [0.5, 0.6) is 11.5 Å². The molecule has 0 saturated heterocycles. The summed E-state index contributed by atoms with van der Waals surface area (Å²) in [6.07, 6.45) is 1.30. The van der Waals surface area contributed by atoms with Crippen molar-refractivity contribution in [3.05, 3.63) is 84.7 Å². The molecule has 0 saturated carbocycles. The number of rotatable bonds is 10. The lowest BCUT2D eigenvalue weighted by atomic mass is 10.1. The fourth-order valence-corrected chi connectivity index (χ4v) is 4.35. The minimum atomic E-state index is 0.244. The molecule has 0 N–H and O–H groups in total. The van der Waals surface area contributed by atoms with Gasteiger partial charge in [-0.15, -0.1) is 10.2 Å². The Morgan fingerprint density at radius 3 is 2.42 bits per heavy atom. The third kappa shape index (κ3) is 5.36. The SMILES string of the molecule is COc1ccccc1-n1c(COc2ccccc2-c2ccccc2)nnc1SCCCC#N. The molecule has 0 aliphatic heterocycles. The quantitative estimate of drug-likeness (QED) is 0.218. The number of nitrogens with zero attached hydrogens (tertiary/aromatic N) is 4. The molecule has 0 bridgehead atoms. The molecule has 1 heterocycles. The summed E-state index contributed by atoms with van der Waals surface area (Å²) in [5, 5.41) is 18.4. The number of hydrogen-bond donors (Lipinski definition) is 0. The van der Waals surface area contributed by atoms with Crippen LogP contribution in [0, 0.1) is 11.3 Å². The van der Waals surface area contributed by atoms with Crippen LogP contribution in [-0.4, -0.2) is 27.6 Å². The van der Waals surface area contributed by atoms with Crippen molar-refractivity contribution in [3.63, 3.8) is 0 Å². The zero-order valence-corrected chi connectivity index (χ0v) is 19.2. The van der Waals surface area contributed by atoms with Crippen LogP contribution in [-0.2, 0) is 6.61 Å². The molecule has 7 heteroatoms. The van der Waals surface area contributed by atoms with Gasteiger partial charge < -0.3 is 9.47 Å². The first-order valence-corrected chi connectivity index (χ1v) is 11.6. The van der Waals surface area contributed by atoms with Gasteiger partial charge in [0.2, 0.25) is 0 Å². The van der Waals surface area contributed by atoms with E-state index in [9.17, 15) is 0 Å². The summed E-state index contributed by atoms with van der Waals surface area (Å²) in [5.74, 6) is 2.95. The third-order valence-electron chi connectivity index (χ3n) is 5.02. The monoisotopic (exact) mass is 456 g/mol. The van der Waals surface area contributed by atoms with Crippen LogP contribution in [0.15, 0.2) is 84.0 Å². The third-order valence-corrected chi connectivity index (χ3v) is 6.03. The number of unbranched alkanes of at least 4 members (excludes halogenated alkanes) is 1. The van der Waals surface area contributed by atoms with E-state index in [2.05, 4.69) is 28.4 Å². The molecule has 0 radical (unpaired) electrons. The van der Waals surface area contributed by atoms with Crippen molar-refractivity contribution in [2.75, 3.05) is 12.9 Å². The van der Waals surface area contributed by atoms with E-state index in [1.54, 1.807) is 18.9 Å². The summed E-state index contributed by atoms with van der Waals surface area (Å²) in [7, 11) is 1.65. The smallest absolute Gasteiger partial charge is 0.196 e. The summed E-state index contributed by atoms with van der Waals surface area (Å²) < 4.78 is 13.8. The van der Waals surface area contributed by atoms with E-state index in [1.165, 1.54) is 0 Å². The van der Waals surface area contributed by atoms with Crippen LogP contribution < -0.4 is 9.47 Å². The van der Waals surface area contributed by atoms with Gasteiger partial charge in [-0.3, -0.25) is 4.57 Å². The second kappa shape index (κ2) is 11.2. The van der Waals surface area contributed by atoms with E-state index in [-0.39, 0.29) is 6.61 Å². The number of para-hydroxylation sites is 3. The van der Waals surface area contributed by atoms with Crippen molar-refractivity contribution in [1.29, 1.82) is 5.26 Å². The van der Waals surface area contributed by atoms with Gasteiger partial charge in [0.15, 0.2) is 11.0 Å². The summed E-state index contributed by atoms with van der Waals surface area (Å²) in [5.41, 5.74) is 2.96. The van der Waals surface area contributed by atoms with Gasteiger partial charge in [0.25, 0.3) is 0 Å². The van der Waals surface area contributed by atoms with Crippen LogP contribution in [0.25, 0.3) is 16.8 Å². The van der Waals surface area contributed by atoms with Crippen molar-refractivity contribution in [1.82, 2.24) is 14.8 Å². The summed E-state index contributed by atoms with van der Waals surface area (Å²) in [6.45, 7) is 0.244. The number of hydrogen-bond acceptors (Lipinski definition) is 6. The normalized spacial score (nSPS) is 10.5. The minimum Gasteiger partial charge on any atom is -0.495 e. The van der Waals surface area contributed by atoms with Crippen molar-refractivity contribution in [2.24, 2.45) is 0 Å². The topological polar surface area (TPSA) is 73.0 Å². The van der Waals surface area contributed by atoms with Gasteiger partial charge in [-0.2, -0.15) is 5.26 Å². The number of thioether (sulfide) groups is 1. The molecule has 4 aromatic rings. The summed E-state index contributed by atoms with van der Waals surface area (Å²) in [6, 6.07) is 28.1. The molecule has 0 atom stereocenters. The lowest BCUT2D eigenvalue weighted by Gasteiger charge is -2.15. The number of methoxy groups -OCH3 is 1. The van der Waals surface area contributed by atoms with Crippen LogP contribution in [0.1, 0.15) is 18.7 Å². The Morgan fingerprint density at radius 2 is 1.64 bits per heavy atom. The maximum absolute atomic E-state index is 8.83. The Labute approximate surface area is 197 Å². The van der Waals surface area contributed by atoms with E-state index in [4.69, 9.17) is 14.7 Å². The predicted molar refractivity (Wildman–Crippen MR) is 130 cm³/mol. The molecule has 4 rings (SSSR count). The molecule has 3 aromatic carbocycles. The Bertz CT molecular complexity index is 1230. The fraction of sp³-hybridized carbons (Fsp3) is 0.192. The molecule has 166 valence electrons. The molecule has 0 unspecified atom stereocenters. The Morgan fingerprint density at radius 1 is 0.909 bits per heavy atom. The van der Waals surface area contributed by atoms with Gasteiger partial charge in [-0.25, -0.2) is 0 Å². The van der Waals surface area contributed by atoms with Crippen molar-refractivity contribution >= 4 is 11.8 Å². The molecule has 0 spiro atoms.